The van der Waals surface area contributed by atoms with Crippen molar-refractivity contribution in [3.63, 3.8) is 0 Å². The minimum absolute atomic E-state index is 0.0126. The third-order valence-electron chi connectivity index (χ3n) is 3.39. The molecule has 0 fully saturated rings. The van der Waals surface area contributed by atoms with E-state index in [0.29, 0.717) is 30.5 Å². The van der Waals surface area contributed by atoms with Crippen molar-refractivity contribution < 1.29 is 14.6 Å². The highest BCUT2D eigenvalue weighted by Crippen LogP contribution is 2.36. The molecule has 0 aliphatic heterocycles. The Morgan fingerprint density at radius 2 is 1.79 bits per heavy atom. The molecule has 0 radical (unpaired) electrons. The standard InChI is InChI=1S/C17H22N4O3/c1-18-17(21-11-13-6-4-5-7-19-13)20-10-12-8-14(23-2)16(22)15(9-12)24-3/h4-9,22H,10-11H2,1-3H3,(H2,18,20,21). The maximum Gasteiger partial charge on any atom is 0.200 e. The fraction of sp³-hybridized carbons (Fsp3) is 0.294. The van der Waals surface area contributed by atoms with Gasteiger partial charge in [-0.15, -0.1) is 0 Å². The number of nitrogens with zero attached hydrogens (tertiary/aromatic N) is 2. The van der Waals surface area contributed by atoms with E-state index in [1.54, 1.807) is 25.4 Å². The Labute approximate surface area is 141 Å². The number of hydrogen-bond acceptors (Lipinski definition) is 5. The number of aliphatic imine (C=N–C) groups is 1. The molecule has 7 heteroatoms. The highest BCUT2D eigenvalue weighted by atomic mass is 16.5. The molecular weight excluding hydrogens is 308 g/mol. The molecule has 7 nitrogen and oxygen atoms in total. The van der Waals surface area contributed by atoms with Gasteiger partial charge in [0.15, 0.2) is 17.5 Å². The molecule has 0 spiro atoms. The summed E-state index contributed by atoms with van der Waals surface area (Å²) in [5, 5.41) is 16.3. The molecule has 0 aliphatic rings. The summed E-state index contributed by atoms with van der Waals surface area (Å²) < 4.78 is 10.3. The van der Waals surface area contributed by atoms with Crippen molar-refractivity contribution in [2.75, 3.05) is 21.3 Å². The lowest BCUT2D eigenvalue weighted by Crippen LogP contribution is -2.36. The topological polar surface area (TPSA) is 88.0 Å². The zero-order chi connectivity index (χ0) is 17.4. The second-order valence-electron chi connectivity index (χ2n) is 4.95. The first-order valence-corrected chi connectivity index (χ1v) is 7.46. The SMILES string of the molecule is CN=C(NCc1cc(OC)c(O)c(OC)c1)NCc1ccccn1. The van der Waals surface area contributed by atoms with Crippen LogP contribution in [-0.2, 0) is 13.1 Å². The Bertz CT molecular complexity index is 664. The number of phenols is 1. The predicted octanol–water partition coefficient (Wildman–Crippen LogP) is 1.67. The molecule has 24 heavy (non-hydrogen) atoms. The number of ether oxygens (including phenoxy) is 2. The summed E-state index contributed by atoms with van der Waals surface area (Å²) in [5.74, 6) is 1.36. The van der Waals surface area contributed by atoms with E-state index in [-0.39, 0.29) is 5.75 Å². The van der Waals surface area contributed by atoms with Gasteiger partial charge in [-0.2, -0.15) is 0 Å². The second kappa shape index (κ2) is 8.61. The Morgan fingerprint density at radius 1 is 1.12 bits per heavy atom. The predicted molar refractivity (Wildman–Crippen MR) is 92.5 cm³/mol. The summed E-state index contributed by atoms with van der Waals surface area (Å²) in [5.41, 5.74) is 1.82. The number of aromatic nitrogens is 1. The van der Waals surface area contributed by atoms with Gasteiger partial charge in [0.1, 0.15) is 0 Å². The molecule has 128 valence electrons. The van der Waals surface area contributed by atoms with Crippen LogP contribution in [0.1, 0.15) is 11.3 Å². The molecule has 1 aromatic carbocycles. The van der Waals surface area contributed by atoms with Gasteiger partial charge in [-0.1, -0.05) is 6.07 Å². The van der Waals surface area contributed by atoms with Gasteiger partial charge in [-0.05, 0) is 29.8 Å². The molecule has 0 atom stereocenters. The molecule has 2 rings (SSSR count). The number of methoxy groups -OCH3 is 2. The van der Waals surface area contributed by atoms with Crippen LogP contribution in [0, 0.1) is 0 Å². The molecule has 0 unspecified atom stereocenters. The van der Waals surface area contributed by atoms with Crippen LogP contribution in [0.15, 0.2) is 41.5 Å². The quantitative estimate of drug-likeness (QED) is 0.552. The van der Waals surface area contributed by atoms with E-state index in [4.69, 9.17) is 9.47 Å². The monoisotopic (exact) mass is 330 g/mol. The Balaban J connectivity index is 1.98. The number of aromatic hydroxyl groups is 1. The van der Waals surface area contributed by atoms with Crippen molar-refractivity contribution in [3.05, 3.63) is 47.8 Å². The van der Waals surface area contributed by atoms with E-state index in [1.807, 2.05) is 18.2 Å². The van der Waals surface area contributed by atoms with E-state index >= 15 is 0 Å². The first kappa shape index (κ1) is 17.4. The molecule has 1 heterocycles. The Morgan fingerprint density at radius 3 is 2.33 bits per heavy atom. The van der Waals surface area contributed by atoms with E-state index in [9.17, 15) is 5.11 Å². The molecule has 0 amide bonds. The van der Waals surface area contributed by atoms with Crippen molar-refractivity contribution >= 4 is 5.96 Å². The average Bonchev–Trinajstić information content (AvgIpc) is 2.63. The first-order chi connectivity index (χ1) is 11.7. The van der Waals surface area contributed by atoms with Gasteiger partial charge in [-0.25, -0.2) is 0 Å². The van der Waals surface area contributed by atoms with Crippen LogP contribution in [0.4, 0.5) is 0 Å². The van der Waals surface area contributed by atoms with Crippen LogP contribution in [0.25, 0.3) is 0 Å². The molecule has 0 saturated carbocycles. The van der Waals surface area contributed by atoms with Gasteiger partial charge in [0, 0.05) is 19.8 Å². The van der Waals surface area contributed by atoms with Crippen molar-refractivity contribution in [3.8, 4) is 17.2 Å². The van der Waals surface area contributed by atoms with Crippen molar-refractivity contribution in [2.45, 2.75) is 13.1 Å². The largest absolute Gasteiger partial charge is 0.502 e. The van der Waals surface area contributed by atoms with Gasteiger partial charge >= 0.3 is 0 Å². The normalized spacial score (nSPS) is 11.0. The average molecular weight is 330 g/mol. The van der Waals surface area contributed by atoms with Gasteiger partial charge in [0.05, 0.1) is 26.5 Å². The summed E-state index contributed by atoms with van der Waals surface area (Å²) in [7, 11) is 4.70. The van der Waals surface area contributed by atoms with Gasteiger partial charge in [0.2, 0.25) is 5.75 Å². The fourth-order valence-electron chi connectivity index (χ4n) is 2.13. The van der Waals surface area contributed by atoms with E-state index in [0.717, 1.165) is 11.3 Å². The number of rotatable bonds is 6. The summed E-state index contributed by atoms with van der Waals surface area (Å²) in [4.78, 5) is 8.43. The lowest BCUT2D eigenvalue weighted by atomic mass is 10.2. The minimum Gasteiger partial charge on any atom is -0.502 e. The summed E-state index contributed by atoms with van der Waals surface area (Å²) in [6.45, 7) is 1.07. The van der Waals surface area contributed by atoms with Crippen LogP contribution in [-0.4, -0.2) is 37.3 Å². The summed E-state index contributed by atoms with van der Waals surface area (Å²) in [6, 6.07) is 9.25. The number of phenolic OH excluding ortho intramolecular Hbond substituents is 1. The lowest BCUT2D eigenvalue weighted by Gasteiger charge is -2.14. The lowest BCUT2D eigenvalue weighted by molar-refractivity contribution is 0.339. The number of benzene rings is 1. The Kier molecular flexibility index (Phi) is 6.24. The van der Waals surface area contributed by atoms with Gasteiger partial charge < -0.3 is 25.2 Å². The molecule has 2 aromatic rings. The van der Waals surface area contributed by atoms with E-state index < -0.39 is 0 Å². The van der Waals surface area contributed by atoms with Crippen LogP contribution in [0.5, 0.6) is 17.2 Å². The summed E-state index contributed by atoms with van der Waals surface area (Å²) >= 11 is 0. The number of guanidine groups is 1. The number of hydrogen-bond donors (Lipinski definition) is 3. The molecular formula is C17H22N4O3. The van der Waals surface area contributed by atoms with Gasteiger partial charge in [-0.3, -0.25) is 9.98 Å². The summed E-state index contributed by atoms with van der Waals surface area (Å²) in [6.07, 6.45) is 1.75. The van der Waals surface area contributed by atoms with Crippen LogP contribution in [0.2, 0.25) is 0 Å². The Hall–Kier alpha value is -2.96. The maximum absolute atomic E-state index is 9.93. The first-order valence-electron chi connectivity index (χ1n) is 7.46. The van der Waals surface area contributed by atoms with Crippen molar-refractivity contribution in [2.24, 2.45) is 4.99 Å². The smallest absolute Gasteiger partial charge is 0.200 e. The molecule has 3 N–H and O–H groups in total. The zero-order valence-corrected chi connectivity index (χ0v) is 14.0. The zero-order valence-electron chi connectivity index (χ0n) is 14.0. The van der Waals surface area contributed by atoms with Crippen molar-refractivity contribution in [1.82, 2.24) is 15.6 Å². The van der Waals surface area contributed by atoms with E-state index in [2.05, 4.69) is 20.6 Å². The minimum atomic E-state index is -0.0126. The maximum atomic E-state index is 9.93. The molecule has 1 aromatic heterocycles. The fourth-order valence-corrected chi connectivity index (χ4v) is 2.13. The highest BCUT2D eigenvalue weighted by Gasteiger charge is 2.11. The van der Waals surface area contributed by atoms with Crippen LogP contribution in [0.3, 0.4) is 0 Å². The van der Waals surface area contributed by atoms with Crippen LogP contribution < -0.4 is 20.1 Å². The molecule has 0 aliphatic carbocycles. The number of nitrogens with one attached hydrogen (secondary N) is 2. The molecule has 0 saturated heterocycles. The van der Waals surface area contributed by atoms with Gasteiger partial charge in [0.25, 0.3) is 0 Å². The third-order valence-corrected chi connectivity index (χ3v) is 3.39. The second-order valence-corrected chi connectivity index (χ2v) is 4.95. The van der Waals surface area contributed by atoms with E-state index in [1.165, 1.54) is 14.2 Å². The van der Waals surface area contributed by atoms with Crippen LogP contribution >= 0.6 is 0 Å². The van der Waals surface area contributed by atoms with Crippen molar-refractivity contribution in [1.29, 1.82) is 0 Å². The number of pyridine rings is 1. The third kappa shape index (κ3) is 4.52. The molecule has 0 bridgehead atoms. The highest BCUT2D eigenvalue weighted by molar-refractivity contribution is 5.79.